The first-order valence-electron chi connectivity index (χ1n) is 5.57. The molecule has 0 spiro atoms. The molecule has 0 atom stereocenters. The third kappa shape index (κ3) is 2.36. The SMILES string of the molecule is O=C(O)c1nn(-c2ccccc2)cc1Oc1ncns1. The summed E-state index contributed by atoms with van der Waals surface area (Å²) >= 11 is 1.03. The number of carbonyl (C=O) groups is 1. The predicted octanol–water partition coefficient (Wildman–Crippen LogP) is 2.21. The molecule has 0 aliphatic rings. The molecule has 2 aromatic heterocycles. The second-order valence-corrected chi connectivity index (χ2v) is 4.48. The highest BCUT2D eigenvalue weighted by molar-refractivity contribution is 7.07. The average Bonchev–Trinajstić information content (AvgIpc) is 3.10. The first kappa shape index (κ1) is 12.3. The zero-order valence-corrected chi connectivity index (χ0v) is 10.8. The molecular weight excluding hydrogens is 280 g/mol. The molecule has 0 fully saturated rings. The minimum atomic E-state index is -1.17. The Kier molecular flexibility index (Phi) is 3.13. The largest absolute Gasteiger partial charge is 0.476 e. The molecule has 0 bridgehead atoms. The van der Waals surface area contributed by atoms with Gasteiger partial charge in [0, 0.05) is 11.5 Å². The predicted molar refractivity (Wildman–Crippen MR) is 70.5 cm³/mol. The van der Waals surface area contributed by atoms with Gasteiger partial charge < -0.3 is 9.84 Å². The third-order valence-corrected chi connectivity index (χ3v) is 2.99. The lowest BCUT2D eigenvalue weighted by atomic mass is 10.3. The molecule has 100 valence electrons. The van der Waals surface area contributed by atoms with Gasteiger partial charge in [-0.25, -0.2) is 9.48 Å². The summed E-state index contributed by atoms with van der Waals surface area (Å²) in [6, 6.07) is 9.16. The number of carboxylic acid groups (broad SMARTS) is 1. The van der Waals surface area contributed by atoms with E-state index in [4.69, 9.17) is 9.84 Å². The summed E-state index contributed by atoms with van der Waals surface area (Å²) < 4.78 is 10.6. The highest BCUT2D eigenvalue weighted by Crippen LogP contribution is 2.26. The van der Waals surface area contributed by atoms with Crippen LogP contribution in [-0.4, -0.2) is 30.2 Å². The fraction of sp³-hybridized carbons (Fsp3) is 0. The molecule has 3 rings (SSSR count). The normalized spacial score (nSPS) is 10.4. The Morgan fingerprint density at radius 1 is 1.30 bits per heavy atom. The fourth-order valence-electron chi connectivity index (χ4n) is 1.60. The molecule has 0 saturated carbocycles. The van der Waals surface area contributed by atoms with E-state index in [1.165, 1.54) is 17.2 Å². The van der Waals surface area contributed by atoms with Crippen LogP contribution in [0, 0.1) is 0 Å². The topological polar surface area (TPSA) is 90.1 Å². The van der Waals surface area contributed by atoms with E-state index >= 15 is 0 Å². The van der Waals surface area contributed by atoms with Crippen LogP contribution in [0.4, 0.5) is 0 Å². The lowest BCUT2D eigenvalue weighted by Crippen LogP contribution is -2.01. The minimum absolute atomic E-state index is 0.123. The van der Waals surface area contributed by atoms with Gasteiger partial charge in [0.15, 0.2) is 5.75 Å². The molecule has 0 unspecified atom stereocenters. The van der Waals surface area contributed by atoms with Crippen molar-refractivity contribution < 1.29 is 14.6 Å². The first-order chi connectivity index (χ1) is 9.74. The van der Waals surface area contributed by atoms with Crippen molar-refractivity contribution in [2.75, 3.05) is 0 Å². The number of nitrogens with zero attached hydrogens (tertiary/aromatic N) is 4. The van der Waals surface area contributed by atoms with E-state index in [2.05, 4.69) is 14.5 Å². The van der Waals surface area contributed by atoms with Gasteiger partial charge in [0.05, 0.1) is 11.9 Å². The highest BCUT2D eigenvalue weighted by Gasteiger charge is 2.19. The summed E-state index contributed by atoms with van der Waals surface area (Å²) in [7, 11) is 0. The average molecular weight is 288 g/mol. The van der Waals surface area contributed by atoms with E-state index in [1.807, 2.05) is 30.3 Å². The van der Waals surface area contributed by atoms with Crippen molar-refractivity contribution in [2.45, 2.75) is 0 Å². The lowest BCUT2D eigenvalue weighted by Gasteiger charge is -1.98. The Hall–Kier alpha value is -2.74. The van der Waals surface area contributed by atoms with Gasteiger partial charge in [0.25, 0.3) is 5.19 Å². The molecule has 0 aliphatic carbocycles. The molecule has 0 amide bonds. The van der Waals surface area contributed by atoms with Gasteiger partial charge in [-0.2, -0.15) is 14.5 Å². The Morgan fingerprint density at radius 3 is 2.75 bits per heavy atom. The number of hydrogen-bond donors (Lipinski definition) is 1. The number of hydrogen-bond acceptors (Lipinski definition) is 6. The van der Waals surface area contributed by atoms with Crippen molar-refractivity contribution in [3.8, 4) is 16.6 Å². The molecule has 2 heterocycles. The Bertz CT molecular complexity index is 725. The standard InChI is InChI=1S/C12H8N4O3S/c17-11(18)10-9(19-12-13-7-14-20-12)6-16(15-10)8-4-2-1-3-5-8/h1-7H,(H,17,18). The van der Waals surface area contributed by atoms with Gasteiger partial charge in [0.1, 0.15) is 6.33 Å². The van der Waals surface area contributed by atoms with Crippen molar-refractivity contribution >= 4 is 17.5 Å². The van der Waals surface area contributed by atoms with Crippen molar-refractivity contribution in [3.63, 3.8) is 0 Å². The van der Waals surface area contributed by atoms with Crippen molar-refractivity contribution in [1.82, 2.24) is 19.1 Å². The monoisotopic (exact) mass is 288 g/mol. The second-order valence-electron chi connectivity index (χ2n) is 3.74. The Morgan fingerprint density at radius 2 is 2.10 bits per heavy atom. The molecule has 7 nitrogen and oxygen atoms in total. The van der Waals surface area contributed by atoms with Gasteiger partial charge in [-0.05, 0) is 12.1 Å². The molecule has 0 radical (unpaired) electrons. The number of benzene rings is 1. The number of para-hydroxylation sites is 1. The van der Waals surface area contributed by atoms with E-state index in [0.29, 0.717) is 0 Å². The summed E-state index contributed by atoms with van der Waals surface area (Å²) in [5.41, 5.74) is 0.561. The van der Waals surface area contributed by atoms with E-state index in [9.17, 15) is 4.79 Å². The molecule has 0 aliphatic heterocycles. The Labute approximate surface area is 117 Å². The molecule has 1 aromatic carbocycles. The van der Waals surface area contributed by atoms with Crippen LogP contribution in [0.15, 0.2) is 42.9 Å². The number of aromatic nitrogens is 4. The summed E-state index contributed by atoms with van der Waals surface area (Å²) in [6.07, 6.45) is 2.84. The smallest absolute Gasteiger partial charge is 0.360 e. The van der Waals surface area contributed by atoms with Gasteiger partial charge in [-0.3, -0.25) is 0 Å². The number of carboxylic acids is 1. The summed E-state index contributed by atoms with van der Waals surface area (Å²) in [4.78, 5) is 15.1. The maximum absolute atomic E-state index is 11.2. The van der Waals surface area contributed by atoms with Crippen molar-refractivity contribution in [3.05, 3.63) is 48.5 Å². The van der Waals surface area contributed by atoms with Gasteiger partial charge in [0.2, 0.25) is 5.69 Å². The third-order valence-electron chi connectivity index (χ3n) is 2.44. The summed E-state index contributed by atoms with van der Waals surface area (Å²) in [6.45, 7) is 0. The minimum Gasteiger partial charge on any atom is -0.476 e. The first-order valence-corrected chi connectivity index (χ1v) is 6.34. The van der Waals surface area contributed by atoms with Crippen LogP contribution in [-0.2, 0) is 0 Å². The number of ether oxygens (including phenoxy) is 1. The summed E-state index contributed by atoms with van der Waals surface area (Å²) in [5, 5.41) is 13.4. The second kappa shape index (κ2) is 5.10. The van der Waals surface area contributed by atoms with Crippen LogP contribution in [0.2, 0.25) is 0 Å². The lowest BCUT2D eigenvalue weighted by molar-refractivity contribution is 0.0687. The van der Waals surface area contributed by atoms with Crippen LogP contribution in [0.5, 0.6) is 10.9 Å². The Balaban J connectivity index is 2.01. The van der Waals surface area contributed by atoms with Crippen LogP contribution in [0.3, 0.4) is 0 Å². The van der Waals surface area contributed by atoms with Gasteiger partial charge in [-0.15, -0.1) is 0 Å². The molecule has 3 aromatic rings. The van der Waals surface area contributed by atoms with Crippen molar-refractivity contribution in [2.24, 2.45) is 0 Å². The van der Waals surface area contributed by atoms with E-state index in [-0.39, 0.29) is 16.6 Å². The van der Waals surface area contributed by atoms with Crippen LogP contribution < -0.4 is 4.74 Å². The quantitative estimate of drug-likeness (QED) is 0.791. The maximum atomic E-state index is 11.2. The van der Waals surface area contributed by atoms with Crippen molar-refractivity contribution in [1.29, 1.82) is 0 Å². The van der Waals surface area contributed by atoms with Crippen LogP contribution in [0.1, 0.15) is 10.5 Å². The number of rotatable bonds is 4. The molecule has 20 heavy (non-hydrogen) atoms. The molecular formula is C12H8N4O3S. The summed E-state index contributed by atoms with van der Waals surface area (Å²) in [5.74, 6) is -1.04. The molecule has 1 N–H and O–H groups in total. The number of aromatic carboxylic acids is 1. The maximum Gasteiger partial charge on any atom is 0.360 e. The van der Waals surface area contributed by atoms with Crippen LogP contribution in [0.25, 0.3) is 5.69 Å². The zero-order chi connectivity index (χ0) is 13.9. The van der Waals surface area contributed by atoms with E-state index in [1.54, 1.807) is 0 Å². The highest BCUT2D eigenvalue weighted by atomic mass is 32.1. The van der Waals surface area contributed by atoms with E-state index in [0.717, 1.165) is 17.2 Å². The van der Waals surface area contributed by atoms with Crippen LogP contribution >= 0.6 is 11.5 Å². The molecule has 0 saturated heterocycles. The van der Waals surface area contributed by atoms with Gasteiger partial charge >= 0.3 is 5.97 Å². The van der Waals surface area contributed by atoms with Gasteiger partial charge in [-0.1, -0.05) is 18.2 Å². The fourth-order valence-corrected chi connectivity index (χ4v) is 2.00. The van der Waals surface area contributed by atoms with E-state index < -0.39 is 5.97 Å². The zero-order valence-electron chi connectivity index (χ0n) is 10.0. The molecule has 8 heteroatoms.